The molecule has 1 fully saturated rings. The smallest absolute Gasteiger partial charge is 0.124 e. The molecule has 0 aromatic carbocycles. The van der Waals surface area contributed by atoms with E-state index in [1.54, 1.807) is 22.7 Å². The van der Waals surface area contributed by atoms with E-state index in [-0.39, 0.29) is 0 Å². The Morgan fingerprint density at radius 1 is 1.47 bits per heavy atom. The molecule has 1 N–H and O–H groups in total. The molecule has 1 atom stereocenters. The normalized spacial score (nSPS) is 19.4. The molecule has 0 radical (unpaired) electrons. The zero-order chi connectivity index (χ0) is 13.1. The van der Waals surface area contributed by atoms with Gasteiger partial charge in [-0.1, -0.05) is 6.92 Å². The van der Waals surface area contributed by atoms with Crippen LogP contribution < -0.4 is 5.32 Å². The zero-order valence-corrected chi connectivity index (χ0v) is 12.8. The van der Waals surface area contributed by atoms with Crippen LogP contribution in [0.25, 0.3) is 10.6 Å². The Bertz CT molecular complexity index is 501. The van der Waals surface area contributed by atoms with E-state index in [0.29, 0.717) is 6.04 Å². The van der Waals surface area contributed by atoms with Crippen LogP contribution >= 0.6 is 22.7 Å². The van der Waals surface area contributed by atoms with Gasteiger partial charge in [0.2, 0.25) is 0 Å². The number of aromatic nitrogens is 1. The Hall–Kier alpha value is -0.750. The number of nitrogens with zero attached hydrogens (tertiary/aromatic N) is 2. The number of rotatable bonds is 5. The van der Waals surface area contributed by atoms with Crippen molar-refractivity contribution in [3.05, 3.63) is 27.9 Å². The third kappa shape index (κ3) is 3.05. The first-order valence-corrected chi connectivity index (χ1v) is 8.61. The summed E-state index contributed by atoms with van der Waals surface area (Å²) < 4.78 is 0. The number of thiophene rings is 1. The number of nitrogens with one attached hydrogen (secondary N) is 1. The largest absolute Gasteiger partial charge is 0.315 e. The van der Waals surface area contributed by atoms with Gasteiger partial charge in [-0.3, -0.25) is 4.90 Å². The number of likely N-dealkylation sites (N-methyl/N-ethyl adjacent to an activating group) is 1. The van der Waals surface area contributed by atoms with Gasteiger partial charge >= 0.3 is 0 Å². The lowest BCUT2D eigenvalue weighted by Gasteiger charge is -2.25. The van der Waals surface area contributed by atoms with Crippen LogP contribution in [0.5, 0.6) is 0 Å². The van der Waals surface area contributed by atoms with Gasteiger partial charge in [-0.25, -0.2) is 4.98 Å². The molecule has 1 aliphatic heterocycles. The van der Waals surface area contributed by atoms with Gasteiger partial charge in [-0.15, -0.1) is 11.3 Å². The molecule has 0 bridgehead atoms. The lowest BCUT2D eigenvalue weighted by atomic mass is 10.2. The first-order chi connectivity index (χ1) is 9.36. The van der Waals surface area contributed by atoms with Gasteiger partial charge in [-0.05, 0) is 31.0 Å². The van der Waals surface area contributed by atoms with E-state index in [1.807, 2.05) is 0 Å². The topological polar surface area (TPSA) is 28.2 Å². The fourth-order valence-corrected chi connectivity index (χ4v) is 4.08. The van der Waals surface area contributed by atoms with Crippen molar-refractivity contribution in [1.29, 1.82) is 0 Å². The van der Waals surface area contributed by atoms with Crippen LogP contribution in [0.15, 0.2) is 22.2 Å². The van der Waals surface area contributed by atoms with E-state index in [0.717, 1.165) is 31.2 Å². The predicted octanol–water partition coefficient (Wildman–Crippen LogP) is 3.06. The average Bonchev–Trinajstić information content (AvgIpc) is 3.15. The standard InChI is InChI=1S/C14H19N3S2/c1-2-17(13-3-5-15-7-13)8-12-10-19-14(16-12)11-4-6-18-9-11/h4,6,9-10,13,15H,2-3,5,7-8H2,1H3. The summed E-state index contributed by atoms with van der Waals surface area (Å²) in [6.45, 7) is 6.58. The lowest BCUT2D eigenvalue weighted by Crippen LogP contribution is -2.36. The van der Waals surface area contributed by atoms with Gasteiger partial charge in [0.25, 0.3) is 0 Å². The van der Waals surface area contributed by atoms with Crippen LogP contribution in [-0.2, 0) is 6.54 Å². The Kier molecular flexibility index (Phi) is 4.28. The van der Waals surface area contributed by atoms with E-state index in [4.69, 9.17) is 4.98 Å². The van der Waals surface area contributed by atoms with Gasteiger partial charge in [0.1, 0.15) is 5.01 Å². The number of hydrogen-bond acceptors (Lipinski definition) is 5. The maximum absolute atomic E-state index is 4.77. The molecule has 102 valence electrons. The van der Waals surface area contributed by atoms with Gasteiger partial charge in [0, 0.05) is 35.5 Å². The number of thiazole rings is 1. The minimum absolute atomic E-state index is 0.677. The molecule has 2 aromatic heterocycles. The molecule has 3 rings (SSSR count). The maximum Gasteiger partial charge on any atom is 0.124 e. The van der Waals surface area contributed by atoms with Crippen molar-refractivity contribution in [1.82, 2.24) is 15.2 Å². The van der Waals surface area contributed by atoms with Crippen molar-refractivity contribution in [3.8, 4) is 10.6 Å². The molecule has 1 saturated heterocycles. The van der Waals surface area contributed by atoms with Crippen molar-refractivity contribution in [3.63, 3.8) is 0 Å². The van der Waals surface area contributed by atoms with E-state index in [1.165, 1.54) is 17.7 Å². The van der Waals surface area contributed by atoms with Gasteiger partial charge in [0.15, 0.2) is 0 Å². The summed E-state index contributed by atoms with van der Waals surface area (Å²) in [7, 11) is 0. The minimum Gasteiger partial charge on any atom is -0.315 e. The summed E-state index contributed by atoms with van der Waals surface area (Å²) in [5, 5.41) is 11.1. The van der Waals surface area contributed by atoms with Crippen LogP contribution in [0.4, 0.5) is 0 Å². The molecule has 2 aromatic rings. The monoisotopic (exact) mass is 293 g/mol. The highest BCUT2D eigenvalue weighted by atomic mass is 32.1. The van der Waals surface area contributed by atoms with Crippen molar-refractivity contribution in [2.75, 3.05) is 19.6 Å². The van der Waals surface area contributed by atoms with Crippen molar-refractivity contribution < 1.29 is 0 Å². The molecule has 5 heteroatoms. The fraction of sp³-hybridized carbons (Fsp3) is 0.500. The Morgan fingerprint density at radius 2 is 2.42 bits per heavy atom. The fourth-order valence-electron chi connectivity index (χ4n) is 2.56. The number of hydrogen-bond donors (Lipinski definition) is 1. The van der Waals surface area contributed by atoms with E-state index >= 15 is 0 Å². The van der Waals surface area contributed by atoms with E-state index in [2.05, 4.69) is 39.3 Å². The Balaban J connectivity index is 1.68. The van der Waals surface area contributed by atoms with Crippen LogP contribution in [0.1, 0.15) is 19.0 Å². The van der Waals surface area contributed by atoms with E-state index in [9.17, 15) is 0 Å². The van der Waals surface area contributed by atoms with Crippen LogP contribution in [0.3, 0.4) is 0 Å². The molecule has 3 nitrogen and oxygen atoms in total. The SMILES string of the molecule is CCN(Cc1csc(-c2ccsc2)n1)C1CCNC1. The first kappa shape index (κ1) is 13.2. The molecule has 19 heavy (non-hydrogen) atoms. The first-order valence-electron chi connectivity index (χ1n) is 6.78. The highest BCUT2D eigenvalue weighted by Gasteiger charge is 2.21. The molecular weight excluding hydrogens is 274 g/mol. The molecule has 1 unspecified atom stereocenters. The molecular formula is C14H19N3S2. The van der Waals surface area contributed by atoms with Crippen LogP contribution in [0, 0.1) is 0 Å². The minimum atomic E-state index is 0.677. The molecule has 3 heterocycles. The Labute approximate surface area is 122 Å². The van der Waals surface area contributed by atoms with Crippen molar-refractivity contribution in [2.45, 2.75) is 25.9 Å². The second-order valence-corrected chi connectivity index (χ2v) is 6.50. The summed E-state index contributed by atoms with van der Waals surface area (Å²) in [5.74, 6) is 0. The lowest BCUT2D eigenvalue weighted by molar-refractivity contribution is 0.208. The highest BCUT2D eigenvalue weighted by Crippen LogP contribution is 2.26. The summed E-state index contributed by atoms with van der Waals surface area (Å²) in [5.41, 5.74) is 2.46. The highest BCUT2D eigenvalue weighted by molar-refractivity contribution is 7.14. The maximum atomic E-state index is 4.77. The molecule has 0 saturated carbocycles. The summed E-state index contributed by atoms with van der Waals surface area (Å²) in [6, 6.07) is 2.82. The molecule has 1 aliphatic rings. The second-order valence-electron chi connectivity index (χ2n) is 4.87. The summed E-state index contributed by atoms with van der Waals surface area (Å²) in [4.78, 5) is 7.31. The quantitative estimate of drug-likeness (QED) is 0.918. The van der Waals surface area contributed by atoms with Gasteiger partial charge in [0.05, 0.1) is 5.69 Å². The third-order valence-corrected chi connectivity index (χ3v) is 5.27. The zero-order valence-electron chi connectivity index (χ0n) is 11.1. The van der Waals surface area contributed by atoms with Gasteiger partial charge < -0.3 is 5.32 Å². The van der Waals surface area contributed by atoms with Crippen molar-refractivity contribution in [2.24, 2.45) is 0 Å². The Morgan fingerprint density at radius 3 is 3.11 bits per heavy atom. The second kappa shape index (κ2) is 6.13. The van der Waals surface area contributed by atoms with Crippen LogP contribution in [0.2, 0.25) is 0 Å². The summed E-state index contributed by atoms with van der Waals surface area (Å²) in [6.07, 6.45) is 1.26. The molecule has 0 aliphatic carbocycles. The van der Waals surface area contributed by atoms with Gasteiger partial charge in [-0.2, -0.15) is 11.3 Å². The third-order valence-electron chi connectivity index (χ3n) is 3.64. The van der Waals surface area contributed by atoms with Crippen LogP contribution in [-0.4, -0.2) is 35.6 Å². The van der Waals surface area contributed by atoms with Crippen molar-refractivity contribution >= 4 is 22.7 Å². The predicted molar refractivity (Wildman–Crippen MR) is 82.8 cm³/mol. The average molecular weight is 293 g/mol. The summed E-state index contributed by atoms with van der Waals surface area (Å²) >= 11 is 3.49. The van der Waals surface area contributed by atoms with E-state index < -0.39 is 0 Å². The molecule has 0 amide bonds. The molecule has 0 spiro atoms.